The van der Waals surface area contributed by atoms with Crippen LogP contribution in [0.15, 0.2) is 24.3 Å². The quantitative estimate of drug-likeness (QED) is 0.226. The zero-order chi connectivity index (χ0) is 20.5. The molecule has 0 radical (unpaired) electrons. The van der Waals surface area contributed by atoms with E-state index in [0.29, 0.717) is 11.3 Å². The number of ether oxygens (including phenoxy) is 1. The van der Waals surface area contributed by atoms with E-state index in [0.717, 1.165) is 49.8 Å². The van der Waals surface area contributed by atoms with Crippen molar-refractivity contribution in [3.63, 3.8) is 0 Å². The lowest BCUT2D eigenvalue weighted by Gasteiger charge is -2.21. The minimum Gasteiger partial charge on any atom is -0.465 e. The van der Waals surface area contributed by atoms with Crippen LogP contribution in [0.3, 0.4) is 0 Å². The summed E-state index contributed by atoms with van der Waals surface area (Å²) in [5, 5.41) is 20.5. The number of aliphatic hydroxyl groups is 2. The summed E-state index contributed by atoms with van der Waals surface area (Å²) >= 11 is 7.99. The number of esters is 1. The number of halogens is 1. The first-order chi connectivity index (χ1) is 13.5. The molecule has 0 aromatic carbocycles. The van der Waals surface area contributed by atoms with Crippen LogP contribution in [0.25, 0.3) is 0 Å². The van der Waals surface area contributed by atoms with Crippen LogP contribution in [0, 0.1) is 11.8 Å². The zero-order valence-electron chi connectivity index (χ0n) is 16.9. The van der Waals surface area contributed by atoms with Gasteiger partial charge in [0, 0.05) is 16.2 Å². The summed E-state index contributed by atoms with van der Waals surface area (Å²) in [6.07, 6.45) is 10.3. The summed E-state index contributed by atoms with van der Waals surface area (Å²) in [5.41, 5.74) is 0. The van der Waals surface area contributed by atoms with Gasteiger partial charge in [-0.3, -0.25) is 0 Å². The van der Waals surface area contributed by atoms with Crippen molar-refractivity contribution < 1.29 is 19.7 Å². The second-order valence-electron chi connectivity index (χ2n) is 7.66. The molecule has 28 heavy (non-hydrogen) atoms. The summed E-state index contributed by atoms with van der Waals surface area (Å²) < 4.78 is 4.75. The second-order valence-corrected chi connectivity index (χ2v) is 9.39. The van der Waals surface area contributed by atoms with Gasteiger partial charge >= 0.3 is 5.97 Å². The summed E-state index contributed by atoms with van der Waals surface area (Å²) in [4.78, 5) is 13.3. The molecule has 1 aromatic heterocycles. The Morgan fingerprint density at radius 2 is 2.18 bits per heavy atom. The van der Waals surface area contributed by atoms with E-state index in [1.807, 2.05) is 18.2 Å². The third-order valence-corrected chi connectivity index (χ3v) is 7.16. The fourth-order valence-electron chi connectivity index (χ4n) is 3.92. The summed E-state index contributed by atoms with van der Waals surface area (Å²) in [5.74, 6) is -0.0910. The number of thiophene rings is 1. The van der Waals surface area contributed by atoms with Gasteiger partial charge in [0.15, 0.2) is 0 Å². The highest BCUT2D eigenvalue weighted by Gasteiger charge is 2.39. The lowest BCUT2D eigenvalue weighted by Crippen LogP contribution is -2.19. The Morgan fingerprint density at radius 1 is 1.39 bits per heavy atom. The van der Waals surface area contributed by atoms with E-state index in [-0.39, 0.29) is 23.2 Å². The number of hydrogen-bond donors (Lipinski definition) is 2. The Labute approximate surface area is 177 Å². The van der Waals surface area contributed by atoms with E-state index in [4.69, 9.17) is 16.3 Å². The molecule has 0 saturated heterocycles. The van der Waals surface area contributed by atoms with Crippen LogP contribution >= 0.6 is 22.9 Å². The number of carbonyl (C=O) groups excluding carboxylic acids is 1. The van der Waals surface area contributed by atoms with Gasteiger partial charge in [-0.1, -0.05) is 38.3 Å². The normalized spacial score (nSPS) is 26.0. The number of unbranched alkanes of at least 4 members (excludes halogenated alkanes) is 2. The first kappa shape index (κ1) is 23.4. The fraction of sp³-hybridized carbons (Fsp3) is 0.682. The zero-order valence-corrected chi connectivity index (χ0v) is 18.4. The van der Waals surface area contributed by atoms with E-state index >= 15 is 0 Å². The number of rotatable bonds is 11. The van der Waals surface area contributed by atoms with Crippen molar-refractivity contribution >= 4 is 28.9 Å². The van der Waals surface area contributed by atoms with Crippen molar-refractivity contribution in [3.8, 4) is 0 Å². The predicted molar refractivity (Wildman–Crippen MR) is 115 cm³/mol. The summed E-state index contributed by atoms with van der Waals surface area (Å²) in [6.45, 7) is 2.15. The number of hydrogen-bond acceptors (Lipinski definition) is 5. The Bertz CT molecular complexity index is 630. The maximum Gasteiger partial charge on any atom is 0.348 e. The molecule has 1 aliphatic carbocycles. The maximum atomic E-state index is 11.6. The van der Waals surface area contributed by atoms with Gasteiger partial charge in [-0.05, 0) is 50.2 Å². The number of aryl methyl sites for hydroxylation is 1. The Balaban J connectivity index is 1.85. The molecule has 1 unspecified atom stereocenters. The Kier molecular flexibility index (Phi) is 10.00. The predicted octanol–water partition coefficient (Wildman–Crippen LogP) is 4.96. The van der Waals surface area contributed by atoms with Crippen molar-refractivity contribution in [2.45, 2.75) is 75.9 Å². The molecule has 1 saturated carbocycles. The molecule has 158 valence electrons. The van der Waals surface area contributed by atoms with Gasteiger partial charge in [0.1, 0.15) is 4.88 Å². The highest BCUT2D eigenvalue weighted by molar-refractivity contribution is 7.13. The summed E-state index contributed by atoms with van der Waals surface area (Å²) in [6, 6.07) is 3.78. The SMILES string of the molecule is CCCCCC(O)/C=C/[C@@H]1[C@@H](CCCc2ccc(C(=O)OC)s2)[C@H](Cl)C[C@H]1O. The van der Waals surface area contributed by atoms with Crippen LogP contribution in [-0.4, -0.2) is 40.9 Å². The highest BCUT2D eigenvalue weighted by atomic mass is 35.5. The minimum atomic E-state index is -0.448. The molecule has 1 aromatic rings. The van der Waals surface area contributed by atoms with Crippen molar-refractivity contribution in [1.29, 1.82) is 0 Å². The molecule has 4 nitrogen and oxygen atoms in total. The van der Waals surface area contributed by atoms with Gasteiger partial charge in [-0.15, -0.1) is 22.9 Å². The molecule has 0 aliphatic heterocycles. The van der Waals surface area contributed by atoms with Gasteiger partial charge in [-0.25, -0.2) is 4.79 Å². The van der Waals surface area contributed by atoms with Crippen LogP contribution < -0.4 is 0 Å². The van der Waals surface area contributed by atoms with Crippen molar-refractivity contribution in [1.82, 2.24) is 0 Å². The molecular formula is C22H33ClO4S. The third kappa shape index (κ3) is 6.87. The standard InChI is InChI=1S/C22H33ClO4S/c1-3-4-5-7-15(24)10-12-18-17(19(23)14-20(18)25)9-6-8-16-11-13-21(28-16)22(26)27-2/h10-13,15,17-20,24-25H,3-9,14H2,1-2H3/b12-10+/t15?,17-,18-,19-,20-/m1/s1. The molecular weight excluding hydrogens is 396 g/mol. The molecule has 2 N–H and O–H groups in total. The largest absolute Gasteiger partial charge is 0.465 e. The third-order valence-electron chi connectivity index (χ3n) is 5.54. The molecule has 0 bridgehead atoms. The molecule has 1 heterocycles. The van der Waals surface area contributed by atoms with E-state index in [9.17, 15) is 15.0 Å². The molecule has 0 amide bonds. The average Bonchev–Trinajstić information content (AvgIpc) is 3.24. The van der Waals surface area contributed by atoms with Crippen molar-refractivity contribution in [3.05, 3.63) is 34.0 Å². The van der Waals surface area contributed by atoms with Gasteiger partial charge < -0.3 is 14.9 Å². The van der Waals surface area contributed by atoms with E-state index in [1.54, 1.807) is 6.07 Å². The Morgan fingerprint density at radius 3 is 2.89 bits per heavy atom. The van der Waals surface area contributed by atoms with Gasteiger partial charge in [0.2, 0.25) is 0 Å². The highest BCUT2D eigenvalue weighted by Crippen LogP contribution is 2.40. The molecule has 6 heteroatoms. The van der Waals surface area contributed by atoms with E-state index in [2.05, 4.69) is 6.92 Å². The number of carbonyl (C=O) groups is 1. The van der Waals surface area contributed by atoms with Gasteiger partial charge in [0.25, 0.3) is 0 Å². The maximum absolute atomic E-state index is 11.6. The Hall–Kier alpha value is -0.880. The lowest BCUT2D eigenvalue weighted by atomic mass is 9.89. The first-order valence-corrected chi connectivity index (χ1v) is 11.6. The lowest BCUT2D eigenvalue weighted by molar-refractivity contribution is 0.0606. The van der Waals surface area contributed by atoms with Crippen LogP contribution in [0.1, 0.15) is 66.4 Å². The molecule has 5 atom stereocenters. The van der Waals surface area contributed by atoms with Gasteiger partial charge in [0.05, 0.1) is 19.3 Å². The van der Waals surface area contributed by atoms with Crippen LogP contribution in [0.5, 0.6) is 0 Å². The van der Waals surface area contributed by atoms with Crippen LogP contribution in [0.2, 0.25) is 0 Å². The number of aliphatic hydroxyl groups excluding tert-OH is 2. The second kappa shape index (κ2) is 12.0. The number of alkyl halides is 1. The molecule has 2 rings (SSSR count). The topological polar surface area (TPSA) is 66.8 Å². The smallest absolute Gasteiger partial charge is 0.348 e. The van der Waals surface area contributed by atoms with E-state index < -0.39 is 12.2 Å². The van der Waals surface area contributed by atoms with Crippen molar-refractivity contribution in [2.24, 2.45) is 11.8 Å². The summed E-state index contributed by atoms with van der Waals surface area (Å²) in [7, 11) is 1.39. The minimum absolute atomic E-state index is 0.00251. The number of methoxy groups -OCH3 is 1. The van der Waals surface area contributed by atoms with Crippen LogP contribution in [-0.2, 0) is 11.2 Å². The van der Waals surface area contributed by atoms with Crippen molar-refractivity contribution in [2.75, 3.05) is 7.11 Å². The average molecular weight is 429 g/mol. The van der Waals surface area contributed by atoms with Gasteiger partial charge in [-0.2, -0.15) is 0 Å². The molecule has 1 aliphatic rings. The first-order valence-electron chi connectivity index (χ1n) is 10.3. The fourth-order valence-corrected chi connectivity index (χ4v) is 5.37. The monoisotopic (exact) mass is 428 g/mol. The molecule has 1 fully saturated rings. The van der Waals surface area contributed by atoms with Crippen LogP contribution in [0.4, 0.5) is 0 Å². The van der Waals surface area contributed by atoms with E-state index in [1.165, 1.54) is 18.4 Å². The molecule has 0 spiro atoms.